The Morgan fingerprint density at radius 3 is 2.46 bits per heavy atom. The van der Waals surface area contributed by atoms with Crippen molar-refractivity contribution in [2.24, 2.45) is 5.41 Å². The number of carboxylic acids is 1. The van der Waals surface area contributed by atoms with Crippen molar-refractivity contribution in [1.82, 2.24) is 4.90 Å². The fourth-order valence-electron chi connectivity index (χ4n) is 3.54. The van der Waals surface area contributed by atoms with Gasteiger partial charge in [-0.05, 0) is 30.3 Å². The maximum absolute atomic E-state index is 14.4. The fraction of sp³-hybridized carbons (Fsp3) is 0.300. The van der Waals surface area contributed by atoms with Crippen LogP contribution in [0.15, 0.2) is 42.5 Å². The summed E-state index contributed by atoms with van der Waals surface area (Å²) in [7, 11) is 0. The number of hydrogen-bond acceptors (Lipinski definition) is 3. The average molecular weight is 388 g/mol. The van der Waals surface area contributed by atoms with E-state index in [0.717, 1.165) is 6.07 Å². The monoisotopic (exact) mass is 388 g/mol. The molecule has 2 saturated heterocycles. The second kappa shape index (κ2) is 6.87. The zero-order valence-corrected chi connectivity index (χ0v) is 14.9. The van der Waals surface area contributed by atoms with Crippen molar-refractivity contribution >= 4 is 17.7 Å². The molecular weight excluding hydrogens is 370 g/mol. The number of benzene rings is 2. The number of carbonyl (C=O) groups excluding carboxylic acids is 1. The van der Waals surface area contributed by atoms with Crippen molar-refractivity contribution in [3.63, 3.8) is 0 Å². The van der Waals surface area contributed by atoms with E-state index in [2.05, 4.69) is 0 Å². The average Bonchev–Trinajstić information content (AvgIpc) is 2.58. The number of halogens is 2. The minimum absolute atomic E-state index is 0.0116. The third kappa shape index (κ3) is 3.31. The Morgan fingerprint density at radius 1 is 1.14 bits per heavy atom. The lowest BCUT2D eigenvalue weighted by atomic mass is 9.78. The summed E-state index contributed by atoms with van der Waals surface area (Å²) in [5, 5.41) is 8.98. The lowest BCUT2D eigenvalue weighted by molar-refractivity contribution is -0.174. The highest BCUT2D eigenvalue weighted by atomic mass is 19.1. The minimum atomic E-state index is -1.24. The molecule has 2 aromatic rings. The van der Waals surface area contributed by atoms with Crippen LogP contribution in [0.25, 0.3) is 0 Å². The summed E-state index contributed by atoms with van der Waals surface area (Å²) < 4.78 is 33.3. The molecule has 0 aliphatic carbocycles. The van der Waals surface area contributed by atoms with Crippen LogP contribution in [0.2, 0.25) is 0 Å². The van der Waals surface area contributed by atoms with Gasteiger partial charge in [-0.3, -0.25) is 4.90 Å². The van der Waals surface area contributed by atoms with Gasteiger partial charge in [0.15, 0.2) is 0 Å². The topological polar surface area (TPSA) is 70.1 Å². The van der Waals surface area contributed by atoms with Crippen molar-refractivity contribution in [2.75, 3.05) is 31.2 Å². The number of urea groups is 1. The van der Waals surface area contributed by atoms with E-state index in [4.69, 9.17) is 9.84 Å². The van der Waals surface area contributed by atoms with Gasteiger partial charge in [0, 0.05) is 24.3 Å². The number of aromatic carboxylic acids is 1. The van der Waals surface area contributed by atoms with E-state index in [1.54, 1.807) is 11.0 Å². The first kappa shape index (κ1) is 18.4. The Hall–Kier alpha value is -3.00. The van der Waals surface area contributed by atoms with E-state index in [1.807, 2.05) is 0 Å². The van der Waals surface area contributed by atoms with E-state index in [1.165, 1.54) is 35.2 Å². The van der Waals surface area contributed by atoms with Gasteiger partial charge in [-0.25, -0.2) is 18.4 Å². The van der Waals surface area contributed by atoms with Crippen LogP contribution in [-0.2, 0) is 11.3 Å². The molecule has 2 aromatic carbocycles. The van der Waals surface area contributed by atoms with E-state index < -0.39 is 17.6 Å². The largest absolute Gasteiger partial charge is 0.478 e. The number of hydrogen-bond donors (Lipinski definition) is 1. The quantitative estimate of drug-likeness (QED) is 0.874. The Bertz CT molecular complexity index is 938. The van der Waals surface area contributed by atoms with Gasteiger partial charge in [0.2, 0.25) is 0 Å². The van der Waals surface area contributed by atoms with Gasteiger partial charge in [0.05, 0.1) is 30.7 Å². The predicted octanol–water partition coefficient (Wildman–Crippen LogP) is 3.12. The summed E-state index contributed by atoms with van der Waals surface area (Å²) in [6.07, 6.45) is 0. The zero-order valence-electron chi connectivity index (χ0n) is 14.9. The number of ether oxygens (including phenoxy) is 1. The third-order valence-corrected chi connectivity index (χ3v) is 5.12. The Morgan fingerprint density at radius 2 is 1.89 bits per heavy atom. The van der Waals surface area contributed by atoms with Crippen LogP contribution in [-0.4, -0.2) is 48.3 Å². The first-order chi connectivity index (χ1) is 13.4. The fourth-order valence-corrected chi connectivity index (χ4v) is 3.54. The highest BCUT2D eigenvalue weighted by Gasteiger charge is 2.51. The van der Waals surface area contributed by atoms with Crippen molar-refractivity contribution < 1.29 is 28.2 Å². The number of likely N-dealkylation sites (tertiary alicyclic amines) is 1. The Kier molecular flexibility index (Phi) is 4.50. The van der Waals surface area contributed by atoms with Crippen molar-refractivity contribution in [2.45, 2.75) is 6.54 Å². The molecule has 0 aromatic heterocycles. The summed E-state index contributed by atoms with van der Waals surface area (Å²) in [5.74, 6) is -2.48. The molecule has 4 rings (SSSR count). The van der Waals surface area contributed by atoms with Gasteiger partial charge in [0.25, 0.3) is 0 Å². The smallest absolute Gasteiger partial charge is 0.335 e. The van der Waals surface area contributed by atoms with Gasteiger partial charge < -0.3 is 14.7 Å². The molecule has 0 unspecified atom stereocenters. The molecule has 0 atom stereocenters. The van der Waals surface area contributed by atoms with Gasteiger partial charge in [0.1, 0.15) is 11.6 Å². The molecule has 0 saturated carbocycles. The van der Waals surface area contributed by atoms with Crippen molar-refractivity contribution in [3.05, 3.63) is 65.2 Å². The summed E-state index contributed by atoms with van der Waals surface area (Å²) in [5.41, 5.74) is 0.277. The molecule has 2 amide bonds. The molecule has 8 heteroatoms. The molecular formula is C20H18F2N2O4. The molecule has 6 nitrogen and oxygen atoms in total. The molecule has 2 aliphatic heterocycles. The van der Waals surface area contributed by atoms with Crippen LogP contribution >= 0.6 is 0 Å². The van der Waals surface area contributed by atoms with E-state index >= 15 is 0 Å². The van der Waals surface area contributed by atoms with Crippen LogP contribution in [0.1, 0.15) is 15.9 Å². The Balaban J connectivity index is 1.60. The molecule has 2 heterocycles. The molecule has 2 fully saturated rings. The van der Waals surface area contributed by atoms with Gasteiger partial charge >= 0.3 is 12.0 Å². The van der Waals surface area contributed by atoms with E-state index in [-0.39, 0.29) is 29.1 Å². The molecule has 2 aliphatic rings. The number of nitrogens with zero attached hydrogens (tertiary/aromatic N) is 2. The number of rotatable bonds is 4. The van der Waals surface area contributed by atoms with Crippen molar-refractivity contribution in [1.29, 1.82) is 0 Å². The van der Waals surface area contributed by atoms with Crippen LogP contribution in [0.3, 0.4) is 0 Å². The molecule has 0 bridgehead atoms. The van der Waals surface area contributed by atoms with E-state index in [9.17, 15) is 18.4 Å². The maximum atomic E-state index is 14.4. The van der Waals surface area contributed by atoms with Crippen LogP contribution < -0.4 is 4.90 Å². The highest BCUT2D eigenvalue weighted by molar-refractivity contribution is 5.92. The minimum Gasteiger partial charge on any atom is -0.478 e. The van der Waals surface area contributed by atoms with Gasteiger partial charge in [-0.15, -0.1) is 0 Å². The lowest BCUT2D eigenvalue weighted by Crippen LogP contribution is -2.68. The number of carbonyl (C=O) groups is 2. The van der Waals surface area contributed by atoms with Gasteiger partial charge in [-0.2, -0.15) is 0 Å². The van der Waals surface area contributed by atoms with Crippen LogP contribution in [0, 0.1) is 17.0 Å². The molecule has 28 heavy (non-hydrogen) atoms. The molecule has 0 radical (unpaired) electrons. The highest BCUT2D eigenvalue weighted by Crippen LogP contribution is 2.38. The number of anilines is 1. The molecule has 146 valence electrons. The maximum Gasteiger partial charge on any atom is 0.335 e. The van der Waals surface area contributed by atoms with Crippen molar-refractivity contribution in [3.8, 4) is 0 Å². The second-order valence-electron chi connectivity index (χ2n) is 7.31. The summed E-state index contributed by atoms with van der Waals surface area (Å²) in [6, 6.07) is 8.69. The third-order valence-electron chi connectivity index (χ3n) is 5.12. The summed E-state index contributed by atoms with van der Waals surface area (Å²) >= 11 is 0. The van der Waals surface area contributed by atoms with Crippen LogP contribution in [0.4, 0.5) is 19.3 Å². The lowest BCUT2D eigenvalue weighted by Gasteiger charge is -2.55. The SMILES string of the molecule is O=C(O)c1ccc(CN(C(=O)N2CC3(COC3)C2)c2cccc(F)c2)c(F)c1. The second-order valence-corrected chi connectivity index (χ2v) is 7.31. The normalized spacial score (nSPS) is 17.0. The standard InChI is InChI=1S/C20H18F2N2O4/c21-15-2-1-3-16(7-15)24(19(27)23-9-20(10-23)11-28-12-20)8-14-5-4-13(18(25)26)6-17(14)22/h1-7H,8-12H2,(H,25,26). The first-order valence-electron chi connectivity index (χ1n) is 8.78. The number of amides is 2. The summed E-state index contributed by atoms with van der Waals surface area (Å²) in [6.45, 7) is 2.16. The van der Waals surface area contributed by atoms with Crippen LogP contribution in [0.5, 0.6) is 0 Å². The zero-order chi connectivity index (χ0) is 19.9. The molecule has 1 spiro atoms. The van der Waals surface area contributed by atoms with E-state index in [0.29, 0.717) is 32.0 Å². The first-order valence-corrected chi connectivity index (χ1v) is 8.78. The number of carboxylic acid groups (broad SMARTS) is 1. The molecule has 1 N–H and O–H groups in total. The van der Waals surface area contributed by atoms with Gasteiger partial charge in [-0.1, -0.05) is 12.1 Å². The predicted molar refractivity (Wildman–Crippen MR) is 96.2 cm³/mol. The summed E-state index contributed by atoms with van der Waals surface area (Å²) in [4.78, 5) is 26.9. The Labute approximate surface area is 159 Å².